The monoisotopic (exact) mass is 399 g/mol. The minimum absolute atomic E-state index is 0. The van der Waals surface area contributed by atoms with Crippen molar-refractivity contribution in [2.24, 2.45) is 7.05 Å². The summed E-state index contributed by atoms with van der Waals surface area (Å²) in [4.78, 5) is 23.6. The van der Waals surface area contributed by atoms with Crippen LogP contribution in [0.15, 0.2) is 36.1 Å². The molecule has 1 amide bonds. The number of thiazole rings is 1. The molecule has 0 saturated carbocycles. The van der Waals surface area contributed by atoms with Gasteiger partial charge in [-0.2, -0.15) is 0 Å². The number of fused-ring (bicyclic) bond motifs is 1. The lowest BCUT2D eigenvalue weighted by Crippen LogP contribution is -2.49. The summed E-state index contributed by atoms with van der Waals surface area (Å²) in [5.74, 6) is 0.958. The lowest BCUT2D eigenvalue weighted by atomic mass is 10.1. The molecule has 3 heterocycles. The van der Waals surface area contributed by atoms with Crippen LogP contribution in [0.2, 0.25) is 0 Å². The average molecular weight is 400 g/mol. The number of imidazole rings is 1. The van der Waals surface area contributed by atoms with Gasteiger partial charge in [0.15, 0.2) is 0 Å². The van der Waals surface area contributed by atoms with Crippen molar-refractivity contribution in [1.29, 1.82) is 0 Å². The fourth-order valence-electron chi connectivity index (χ4n) is 3.03. The number of rotatable bonds is 2. The first kappa shape index (κ1) is 19.7. The zero-order valence-corrected chi connectivity index (χ0v) is 16.0. The van der Waals surface area contributed by atoms with E-state index < -0.39 is 0 Å². The Morgan fingerprint density at radius 3 is 2.92 bits per heavy atom. The number of piperazine rings is 1. The molecule has 0 spiro atoms. The first-order chi connectivity index (χ1) is 11.2. The van der Waals surface area contributed by atoms with Gasteiger partial charge in [-0.05, 0) is 18.2 Å². The van der Waals surface area contributed by atoms with Crippen molar-refractivity contribution in [1.82, 2.24) is 24.8 Å². The van der Waals surface area contributed by atoms with Crippen molar-refractivity contribution in [2.45, 2.75) is 6.04 Å². The van der Waals surface area contributed by atoms with Crippen LogP contribution in [-0.4, -0.2) is 45.0 Å². The highest BCUT2D eigenvalue weighted by Crippen LogP contribution is 2.25. The van der Waals surface area contributed by atoms with Gasteiger partial charge in [0.1, 0.15) is 11.9 Å². The van der Waals surface area contributed by atoms with Crippen LogP contribution in [0.25, 0.3) is 10.2 Å². The number of hydrogen-bond acceptors (Lipinski definition) is 5. The number of nitrogens with zero attached hydrogens (tertiary/aromatic N) is 4. The first-order valence-corrected chi connectivity index (χ1v) is 8.44. The van der Waals surface area contributed by atoms with E-state index in [1.165, 1.54) is 0 Å². The van der Waals surface area contributed by atoms with Crippen LogP contribution in [0.3, 0.4) is 0 Å². The van der Waals surface area contributed by atoms with Gasteiger partial charge in [-0.3, -0.25) is 4.79 Å². The predicted molar refractivity (Wildman–Crippen MR) is 104 cm³/mol. The summed E-state index contributed by atoms with van der Waals surface area (Å²) >= 11 is 1.56. The van der Waals surface area contributed by atoms with Gasteiger partial charge in [-0.25, -0.2) is 9.97 Å². The van der Waals surface area contributed by atoms with Gasteiger partial charge in [0.25, 0.3) is 5.91 Å². The SMILES string of the molecule is Cl.Cl.Cn1ccnc1C1CNCCN1C(=O)c1ccc2ncsc2c1. The number of amides is 1. The summed E-state index contributed by atoms with van der Waals surface area (Å²) in [5, 5.41) is 3.36. The smallest absolute Gasteiger partial charge is 0.254 e. The second-order valence-electron chi connectivity index (χ2n) is 5.65. The summed E-state index contributed by atoms with van der Waals surface area (Å²) in [7, 11) is 1.96. The average Bonchev–Trinajstić information content (AvgIpc) is 3.22. The highest BCUT2D eigenvalue weighted by atomic mass is 35.5. The predicted octanol–water partition coefficient (Wildman–Crippen LogP) is 2.66. The number of carbonyl (C=O) groups excluding carboxylic acids is 1. The molecule has 1 atom stereocenters. The maximum Gasteiger partial charge on any atom is 0.254 e. The molecule has 3 aromatic rings. The highest BCUT2D eigenvalue weighted by Gasteiger charge is 2.31. The molecule has 0 aliphatic carbocycles. The minimum atomic E-state index is -0.0478. The molecular formula is C16H19Cl2N5OS. The summed E-state index contributed by atoms with van der Waals surface area (Å²) in [5.41, 5.74) is 3.45. The van der Waals surface area contributed by atoms with Gasteiger partial charge >= 0.3 is 0 Å². The zero-order chi connectivity index (χ0) is 15.8. The normalized spacial score (nSPS) is 17.0. The van der Waals surface area contributed by atoms with E-state index in [1.54, 1.807) is 23.0 Å². The van der Waals surface area contributed by atoms with Crippen LogP contribution in [0.4, 0.5) is 0 Å². The molecule has 1 aliphatic heterocycles. The number of halogens is 2. The van der Waals surface area contributed by atoms with Crippen molar-refractivity contribution in [2.75, 3.05) is 19.6 Å². The molecule has 1 unspecified atom stereocenters. The van der Waals surface area contributed by atoms with Gasteiger partial charge in [-0.15, -0.1) is 36.2 Å². The Morgan fingerprint density at radius 1 is 1.32 bits per heavy atom. The number of benzene rings is 1. The lowest BCUT2D eigenvalue weighted by molar-refractivity contribution is 0.0621. The molecule has 0 radical (unpaired) electrons. The van der Waals surface area contributed by atoms with E-state index in [2.05, 4.69) is 15.3 Å². The molecule has 1 aliphatic rings. The highest BCUT2D eigenvalue weighted by molar-refractivity contribution is 7.16. The maximum atomic E-state index is 13.0. The number of aromatic nitrogens is 3. The van der Waals surface area contributed by atoms with Crippen LogP contribution in [-0.2, 0) is 7.05 Å². The quantitative estimate of drug-likeness (QED) is 0.719. The van der Waals surface area contributed by atoms with Crippen molar-refractivity contribution < 1.29 is 4.79 Å². The fraction of sp³-hybridized carbons (Fsp3) is 0.312. The topological polar surface area (TPSA) is 63.1 Å². The number of aryl methyl sites for hydroxylation is 1. The third-order valence-electron chi connectivity index (χ3n) is 4.24. The summed E-state index contributed by atoms with van der Waals surface area (Å²) in [6, 6.07) is 5.67. The van der Waals surface area contributed by atoms with Crippen molar-refractivity contribution in [3.8, 4) is 0 Å². The standard InChI is InChI=1S/C16H17N5OS.2ClH/c1-20-6-5-18-15(20)13-9-17-4-7-21(13)16(22)11-2-3-12-14(8-11)23-10-19-12;;/h2-3,5-6,8,10,13,17H,4,7,9H2,1H3;2*1H. The third-order valence-corrected chi connectivity index (χ3v) is 5.03. The summed E-state index contributed by atoms with van der Waals surface area (Å²) in [6.45, 7) is 2.20. The second-order valence-corrected chi connectivity index (χ2v) is 6.54. The van der Waals surface area contributed by atoms with E-state index >= 15 is 0 Å². The van der Waals surface area contributed by atoms with E-state index in [9.17, 15) is 4.79 Å². The van der Waals surface area contributed by atoms with E-state index in [4.69, 9.17) is 0 Å². The molecule has 25 heavy (non-hydrogen) atoms. The lowest BCUT2D eigenvalue weighted by Gasteiger charge is -2.35. The van der Waals surface area contributed by atoms with Crippen molar-refractivity contribution >= 4 is 52.3 Å². The molecule has 1 fully saturated rings. The molecule has 134 valence electrons. The van der Waals surface area contributed by atoms with Crippen LogP contribution in [0, 0.1) is 0 Å². The largest absolute Gasteiger partial charge is 0.336 e. The molecule has 6 nitrogen and oxygen atoms in total. The Balaban J connectivity index is 0.00000113. The van der Waals surface area contributed by atoms with Crippen LogP contribution < -0.4 is 5.32 Å². The molecule has 1 aromatic carbocycles. The van der Waals surface area contributed by atoms with E-state index in [1.807, 2.05) is 40.9 Å². The van der Waals surface area contributed by atoms with Gasteiger partial charge in [0, 0.05) is 44.6 Å². The van der Waals surface area contributed by atoms with Gasteiger partial charge < -0.3 is 14.8 Å². The third kappa shape index (κ3) is 3.64. The second kappa shape index (κ2) is 8.14. The Kier molecular flexibility index (Phi) is 6.40. The Morgan fingerprint density at radius 2 is 2.16 bits per heavy atom. The minimum Gasteiger partial charge on any atom is -0.336 e. The van der Waals surface area contributed by atoms with Crippen LogP contribution >= 0.6 is 36.2 Å². The Hall–Kier alpha value is -1.67. The molecule has 0 bridgehead atoms. The van der Waals surface area contributed by atoms with E-state index in [0.29, 0.717) is 12.1 Å². The fourth-order valence-corrected chi connectivity index (χ4v) is 3.75. The summed E-state index contributed by atoms with van der Waals surface area (Å²) < 4.78 is 3.02. The van der Waals surface area contributed by atoms with Gasteiger partial charge in [0.2, 0.25) is 0 Å². The Bertz CT molecular complexity index is 865. The zero-order valence-electron chi connectivity index (χ0n) is 13.6. The van der Waals surface area contributed by atoms with E-state index in [0.717, 1.165) is 29.1 Å². The van der Waals surface area contributed by atoms with Gasteiger partial charge in [0.05, 0.1) is 15.7 Å². The van der Waals surface area contributed by atoms with Gasteiger partial charge in [-0.1, -0.05) is 0 Å². The molecule has 9 heteroatoms. The molecular weight excluding hydrogens is 381 g/mol. The van der Waals surface area contributed by atoms with Crippen LogP contribution in [0.1, 0.15) is 22.2 Å². The number of nitrogens with one attached hydrogen (secondary N) is 1. The molecule has 2 aromatic heterocycles. The number of hydrogen-bond donors (Lipinski definition) is 1. The molecule has 1 N–H and O–H groups in total. The molecule has 4 rings (SSSR count). The first-order valence-electron chi connectivity index (χ1n) is 7.56. The van der Waals surface area contributed by atoms with E-state index in [-0.39, 0.29) is 36.8 Å². The number of carbonyl (C=O) groups is 1. The van der Waals surface area contributed by atoms with Crippen molar-refractivity contribution in [3.63, 3.8) is 0 Å². The maximum absolute atomic E-state index is 13.0. The summed E-state index contributed by atoms with van der Waals surface area (Å²) in [6.07, 6.45) is 3.69. The van der Waals surface area contributed by atoms with Crippen LogP contribution in [0.5, 0.6) is 0 Å². The van der Waals surface area contributed by atoms with Crippen molar-refractivity contribution in [3.05, 3.63) is 47.5 Å². The molecule has 1 saturated heterocycles. The Labute approximate surface area is 162 Å².